The van der Waals surface area contributed by atoms with Crippen molar-refractivity contribution in [2.24, 2.45) is 0 Å². The van der Waals surface area contributed by atoms with Crippen LogP contribution in [-0.4, -0.2) is 37.2 Å². The first-order chi connectivity index (χ1) is 12.0. The van der Waals surface area contributed by atoms with Gasteiger partial charge in [-0.05, 0) is 49.9 Å². The molecular formula is C19H24N2O3S. The Hall–Kier alpha value is -1.92. The standard InChI is InChI=1S/C19H24N2O3S/c1-14-11-17(15(2)21(14)13-19(22)23)12-16-7-3-4-8-18(16)25(24)20-9-5-6-10-20/h3-4,7-8,11H,5-6,9-10,12-13H2,1-2H3,(H,22,23). The van der Waals surface area contributed by atoms with Gasteiger partial charge in [-0.25, -0.2) is 8.51 Å². The SMILES string of the molecule is Cc1cc(Cc2ccccc2S(=O)N2CCCC2)c(C)n1CC(=O)O. The number of aryl methyl sites for hydroxylation is 1. The van der Waals surface area contributed by atoms with Crippen molar-refractivity contribution >= 4 is 17.0 Å². The lowest BCUT2D eigenvalue weighted by Crippen LogP contribution is -2.23. The lowest BCUT2D eigenvalue weighted by Gasteiger charge is -2.16. The Balaban J connectivity index is 1.89. The highest BCUT2D eigenvalue weighted by atomic mass is 32.2. The van der Waals surface area contributed by atoms with Gasteiger partial charge in [0.25, 0.3) is 0 Å². The molecule has 1 saturated heterocycles. The van der Waals surface area contributed by atoms with Crippen molar-refractivity contribution < 1.29 is 14.1 Å². The van der Waals surface area contributed by atoms with Crippen molar-refractivity contribution in [3.05, 3.63) is 52.8 Å². The van der Waals surface area contributed by atoms with Crippen molar-refractivity contribution in [2.45, 2.75) is 44.6 Å². The Morgan fingerprint density at radius 2 is 1.84 bits per heavy atom. The van der Waals surface area contributed by atoms with Crippen molar-refractivity contribution in [2.75, 3.05) is 13.1 Å². The van der Waals surface area contributed by atoms with Gasteiger partial charge in [0.15, 0.2) is 0 Å². The number of aromatic nitrogens is 1. The summed E-state index contributed by atoms with van der Waals surface area (Å²) in [5.74, 6) is -0.844. The summed E-state index contributed by atoms with van der Waals surface area (Å²) < 4.78 is 16.8. The first-order valence-corrected chi connectivity index (χ1v) is 9.70. The Morgan fingerprint density at radius 3 is 2.52 bits per heavy atom. The Morgan fingerprint density at radius 1 is 1.16 bits per heavy atom. The molecule has 1 aliphatic rings. The summed E-state index contributed by atoms with van der Waals surface area (Å²) >= 11 is 0. The Bertz CT molecular complexity index is 807. The van der Waals surface area contributed by atoms with Gasteiger partial charge >= 0.3 is 5.97 Å². The molecule has 1 aromatic carbocycles. The van der Waals surface area contributed by atoms with Crippen molar-refractivity contribution in [1.82, 2.24) is 8.87 Å². The van der Waals surface area contributed by atoms with E-state index in [1.54, 1.807) is 0 Å². The van der Waals surface area contributed by atoms with E-state index >= 15 is 0 Å². The second kappa shape index (κ2) is 7.54. The van der Waals surface area contributed by atoms with E-state index in [9.17, 15) is 9.00 Å². The fourth-order valence-corrected chi connectivity index (χ4v) is 4.88. The number of carbonyl (C=O) groups is 1. The summed E-state index contributed by atoms with van der Waals surface area (Å²) in [4.78, 5) is 11.9. The minimum atomic E-state index is -1.13. The molecule has 0 saturated carbocycles. The predicted octanol–water partition coefficient (Wildman–Crippen LogP) is 2.90. The summed E-state index contributed by atoms with van der Waals surface area (Å²) in [7, 11) is -1.13. The highest BCUT2D eigenvalue weighted by Crippen LogP contribution is 2.25. The number of hydrogen-bond donors (Lipinski definition) is 1. The molecule has 2 heterocycles. The molecule has 1 N–H and O–H groups in total. The van der Waals surface area contributed by atoms with Crippen LogP contribution < -0.4 is 0 Å². The van der Waals surface area contributed by atoms with Crippen LogP contribution in [0.5, 0.6) is 0 Å². The van der Waals surface area contributed by atoms with Crippen LogP contribution in [0.25, 0.3) is 0 Å². The molecule has 0 spiro atoms. The van der Waals surface area contributed by atoms with Crippen LogP contribution in [0.4, 0.5) is 0 Å². The molecule has 1 atom stereocenters. The first-order valence-electron chi connectivity index (χ1n) is 8.59. The third kappa shape index (κ3) is 3.85. The molecule has 0 aliphatic carbocycles. The molecule has 0 radical (unpaired) electrons. The molecular weight excluding hydrogens is 336 g/mol. The lowest BCUT2D eigenvalue weighted by atomic mass is 10.1. The van der Waals surface area contributed by atoms with E-state index in [4.69, 9.17) is 5.11 Å². The minimum Gasteiger partial charge on any atom is -0.480 e. The van der Waals surface area contributed by atoms with Crippen LogP contribution in [0.15, 0.2) is 35.2 Å². The fraction of sp³-hybridized carbons (Fsp3) is 0.421. The monoisotopic (exact) mass is 360 g/mol. The smallest absolute Gasteiger partial charge is 0.323 e. The number of aliphatic carboxylic acids is 1. The topological polar surface area (TPSA) is 62.5 Å². The summed E-state index contributed by atoms with van der Waals surface area (Å²) in [5, 5.41) is 9.09. The van der Waals surface area contributed by atoms with E-state index in [-0.39, 0.29) is 6.54 Å². The van der Waals surface area contributed by atoms with E-state index in [1.807, 2.05) is 53.1 Å². The second-order valence-corrected chi connectivity index (χ2v) is 8.00. The van der Waals surface area contributed by atoms with E-state index in [2.05, 4.69) is 0 Å². The van der Waals surface area contributed by atoms with Crippen molar-refractivity contribution in [3.8, 4) is 0 Å². The molecule has 0 amide bonds. The van der Waals surface area contributed by atoms with Crippen molar-refractivity contribution in [3.63, 3.8) is 0 Å². The summed E-state index contributed by atoms with van der Waals surface area (Å²) in [6, 6.07) is 9.90. The van der Waals surface area contributed by atoms with Crippen LogP contribution in [0.2, 0.25) is 0 Å². The lowest BCUT2D eigenvalue weighted by molar-refractivity contribution is -0.137. The van der Waals surface area contributed by atoms with E-state index < -0.39 is 17.0 Å². The predicted molar refractivity (Wildman–Crippen MR) is 98.0 cm³/mol. The van der Waals surface area contributed by atoms with Gasteiger partial charge in [0.1, 0.15) is 17.5 Å². The number of nitrogens with zero attached hydrogens (tertiary/aromatic N) is 2. The number of carboxylic acid groups (broad SMARTS) is 1. The largest absolute Gasteiger partial charge is 0.480 e. The van der Waals surface area contributed by atoms with Crippen LogP contribution in [-0.2, 0) is 28.7 Å². The summed E-state index contributed by atoms with van der Waals surface area (Å²) in [5.41, 5.74) is 4.03. The van der Waals surface area contributed by atoms with Crippen LogP contribution >= 0.6 is 0 Å². The quantitative estimate of drug-likeness (QED) is 0.862. The molecule has 1 unspecified atom stereocenters. The zero-order chi connectivity index (χ0) is 18.0. The van der Waals surface area contributed by atoms with Gasteiger partial charge in [-0.2, -0.15) is 0 Å². The Kier molecular flexibility index (Phi) is 5.39. The molecule has 25 heavy (non-hydrogen) atoms. The van der Waals surface area contributed by atoms with Crippen LogP contribution in [0.3, 0.4) is 0 Å². The van der Waals surface area contributed by atoms with E-state index in [1.165, 1.54) is 0 Å². The number of rotatable bonds is 6. The fourth-order valence-electron chi connectivity index (χ4n) is 3.45. The molecule has 6 heteroatoms. The van der Waals surface area contributed by atoms with E-state index in [0.717, 1.165) is 53.3 Å². The van der Waals surface area contributed by atoms with Crippen LogP contribution in [0, 0.1) is 13.8 Å². The molecule has 5 nitrogen and oxygen atoms in total. The van der Waals surface area contributed by atoms with Gasteiger partial charge < -0.3 is 9.67 Å². The zero-order valence-corrected chi connectivity index (χ0v) is 15.5. The summed E-state index contributed by atoms with van der Waals surface area (Å²) in [6.45, 7) is 5.61. The van der Waals surface area contributed by atoms with Crippen LogP contribution in [0.1, 0.15) is 35.4 Å². The average molecular weight is 360 g/mol. The van der Waals surface area contributed by atoms with E-state index in [0.29, 0.717) is 6.42 Å². The summed E-state index contributed by atoms with van der Waals surface area (Å²) in [6.07, 6.45) is 2.86. The zero-order valence-electron chi connectivity index (χ0n) is 14.7. The third-order valence-corrected chi connectivity index (χ3v) is 6.42. The molecule has 134 valence electrons. The highest BCUT2D eigenvalue weighted by Gasteiger charge is 2.22. The molecule has 1 aromatic heterocycles. The number of carboxylic acids is 1. The Labute approximate surface area is 150 Å². The average Bonchev–Trinajstić information content (AvgIpc) is 3.20. The maximum absolute atomic E-state index is 12.9. The molecule has 2 aromatic rings. The van der Waals surface area contributed by atoms with Crippen molar-refractivity contribution in [1.29, 1.82) is 0 Å². The van der Waals surface area contributed by atoms with Gasteiger partial charge in [-0.1, -0.05) is 18.2 Å². The number of hydrogen-bond acceptors (Lipinski definition) is 2. The van der Waals surface area contributed by atoms with Gasteiger partial charge in [0.05, 0.1) is 4.90 Å². The molecule has 1 fully saturated rings. The molecule has 1 aliphatic heterocycles. The van der Waals surface area contributed by atoms with Gasteiger partial charge in [-0.3, -0.25) is 4.79 Å². The minimum absolute atomic E-state index is 0.0287. The highest BCUT2D eigenvalue weighted by molar-refractivity contribution is 7.82. The maximum atomic E-state index is 12.9. The molecule has 0 bridgehead atoms. The maximum Gasteiger partial charge on any atom is 0.323 e. The molecule has 3 rings (SSSR count). The number of benzene rings is 1. The van der Waals surface area contributed by atoms with Gasteiger partial charge in [-0.15, -0.1) is 0 Å². The van der Waals surface area contributed by atoms with Gasteiger partial charge in [0.2, 0.25) is 0 Å². The third-order valence-electron chi connectivity index (χ3n) is 4.81. The first kappa shape index (κ1) is 17.9. The normalized spacial score (nSPS) is 16.2. The van der Waals surface area contributed by atoms with Gasteiger partial charge in [0, 0.05) is 30.9 Å². The second-order valence-electron chi connectivity index (χ2n) is 6.55.